The summed E-state index contributed by atoms with van der Waals surface area (Å²) in [5, 5.41) is 6.00. The van der Waals surface area contributed by atoms with Crippen LogP contribution in [0.5, 0.6) is 0 Å². The fourth-order valence-corrected chi connectivity index (χ4v) is 4.69. The van der Waals surface area contributed by atoms with Crippen LogP contribution in [0.3, 0.4) is 0 Å². The van der Waals surface area contributed by atoms with Crippen molar-refractivity contribution >= 4 is 39.7 Å². The number of rotatable bonds is 4. The zero-order valence-electron chi connectivity index (χ0n) is 17.7. The Labute approximate surface area is 185 Å². The van der Waals surface area contributed by atoms with Crippen molar-refractivity contribution < 1.29 is 9.53 Å². The highest BCUT2D eigenvalue weighted by molar-refractivity contribution is 6.16. The second kappa shape index (κ2) is 7.89. The SMILES string of the molecule is O=C1NCc2[nH]c3c(ccc4cnc(/C=C/c5cccc(CN6CCOCC6)c5)cc43)c21. The van der Waals surface area contributed by atoms with Gasteiger partial charge in [-0.15, -0.1) is 0 Å². The van der Waals surface area contributed by atoms with E-state index in [0.29, 0.717) is 6.54 Å². The molecule has 2 N–H and O–H groups in total. The van der Waals surface area contributed by atoms with Gasteiger partial charge in [0.05, 0.1) is 36.5 Å². The molecule has 0 radical (unpaired) electrons. The van der Waals surface area contributed by atoms with Gasteiger partial charge >= 0.3 is 0 Å². The molecule has 0 spiro atoms. The van der Waals surface area contributed by atoms with E-state index in [2.05, 4.69) is 62.7 Å². The Hall–Kier alpha value is -3.48. The number of pyridine rings is 1. The molecule has 2 aliphatic heterocycles. The predicted molar refractivity (Wildman–Crippen MR) is 126 cm³/mol. The van der Waals surface area contributed by atoms with Crippen LogP contribution in [0.25, 0.3) is 33.8 Å². The lowest BCUT2D eigenvalue weighted by molar-refractivity contribution is 0.0342. The average molecular weight is 425 g/mol. The third-order valence-electron chi connectivity index (χ3n) is 6.33. The Balaban J connectivity index is 1.29. The molecule has 0 bridgehead atoms. The number of aromatic nitrogens is 2. The number of fused-ring (bicyclic) bond motifs is 5. The maximum Gasteiger partial charge on any atom is 0.254 e. The zero-order valence-corrected chi connectivity index (χ0v) is 17.7. The van der Waals surface area contributed by atoms with Crippen LogP contribution in [0.1, 0.15) is 32.9 Å². The van der Waals surface area contributed by atoms with Crippen molar-refractivity contribution in [3.8, 4) is 0 Å². The smallest absolute Gasteiger partial charge is 0.254 e. The van der Waals surface area contributed by atoms with Gasteiger partial charge in [-0.2, -0.15) is 0 Å². The third-order valence-corrected chi connectivity index (χ3v) is 6.33. The molecule has 4 aromatic rings. The lowest BCUT2D eigenvalue weighted by Crippen LogP contribution is -2.35. The predicted octanol–water partition coefficient (Wildman–Crippen LogP) is 3.96. The van der Waals surface area contributed by atoms with Gasteiger partial charge in [-0.25, -0.2) is 0 Å². The lowest BCUT2D eigenvalue weighted by Gasteiger charge is -2.26. The Morgan fingerprint density at radius 3 is 2.88 bits per heavy atom. The van der Waals surface area contributed by atoms with Crippen molar-refractivity contribution in [2.75, 3.05) is 26.3 Å². The minimum atomic E-state index is -0.00302. The standard InChI is InChI=1S/C26H24N4O2/c31-26-24-21-7-5-19-14-27-20(13-22(19)25(21)29-23(24)15-28-26)6-4-17-2-1-3-18(12-17)16-30-8-10-32-11-9-30/h1-7,12-14,29H,8-11,15-16H2,(H,28,31)/b6-4+. The van der Waals surface area contributed by atoms with Gasteiger partial charge in [-0.05, 0) is 23.3 Å². The van der Waals surface area contributed by atoms with E-state index >= 15 is 0 Å². The molecule has 1 fully saturated rings. The van der Waals surface area contributed by atoms with Crippen molar-refractivity contribution in [1.29, 1.82) is 0 Å². The Bertz CT molecular complexity index is 1370. The van der Waals surface area contributed by atoms with Crippen molar-refractivity contribution in [2.45, 2.75) is 13.1 Å². The number of aromatic amines is 1. The normalized spacial score (nSPS) is 16.8. The number of amides is 1. The summed E-state index contributed by atoms with van der Waals surface area (Å²) < 4.78 is 5.45. The monoisotopic (exact) mass is 424 g/mol. The average Bonchev–Trinajstić information content (AvgIpc) is 3.38. The Morgan fingerprint density at radius 1 is 1.06 bits per heavy atom. The largest absolute Gasteiger partial charge is 0.379 e. The number of hydrogen-bond acceptors (Lipinski definition) is 4. The summed E-state index contributed by atoms with van der Waals surface area (Å²) in [6.45, 7) is 5.11. The second-order valence-electron chi connectivity index (χ2n) is 8.45. The minimum absolute atomic E-state index is 0.00302. The number of carbonyl (C=O) groups is 1. The molecule has 4 heterocycles. The fraction of sp³-hybridized carbons (Fsp3) is 0.231. The lowest BCUT2D eigenvalue weighted by atomic mass is 10.1. The molecule has 0 unspecified atom stereocenters. The molecule has 1 saturated heterocycles. The molecule has 6 heteroatoms. The summed E-state index contributed by atoms with van der Waals surface area (Å²) in [7, 11) is 0. The summed E-state index contributed by atoms with van der Waals surface area (Å²) in [5.74, 6) is -0.00302. The van der Waals surface area contributed by atoms with Gasteiger partial charge < -0.3 is 15.0 Å². The number of nitrogens with zero attached hydrogens (tertiary/aromatic N) is 2. The topological polar surface area (TPSA) is 70.2 Å². The van der Waals surface area contributed by atoms with E-state index < -0.39 is 0 Å². The number of morpholine rings is 1. The molecule has 1 amide bonds. The van der Waals surface area contributed by atoms with E-state index in [-0.39, 0.29) is 5.91 Å². The molecular weight excluding hydrogens is 400 g/mol. The fourth-order valence-electron chi connectivity index (χ4n) is 4.69. The quantitative estimate of drug-likeness (QED) is 0.520. The van der Waals surface area contributed by atoms with Crippen LogP contribution in [0.2, 0.25) is 0 Å². The second-order valence-corrected chi connectivity index (χ2v) is 8.45. The summed E-state index contributed by atoms with van der Waals surface area (Å²) >= 11 is 0. The van der Waals surface area contributed by atoms with E-state index in [4.69, 9.17) is 4.74 Å². The first kappa shape index (κ1) is 19.2. The number of ether oxygens (including phenoxy) is 1. The Morgan fingerprint density at radius 2 is 1.97 bits per heavy atom. The van der Waals surface area contributed by atoms with Gasteiger partial charge in [0.2, 0.25) is 0 Å². The summed E-state index contributed by atoms with van der Waals surface area (Å²) in [6, 6.07) is 14.8. The van der Waals surface area contributed by atoms with Crippen LogP contribution in [0.4, 0.5) is 0 Å². The van der Waals surface area contributed by atoms with Crippen LogP contribution in [-0.4, -0.2) is 47.1 Å². The zero-order chi connectivity index (χ0) is 21.5. The van der Waals surface area contributed by atoms with Gasteiger partial charge in [-0.1, -0.05) is 42.5 Å². The highest BCUT2D eigenvalue weighted by Crippen LogP contribution is 2.31. The minimum Gasteiger partial charge on any atom is -0.379 e. The summed E-state index contributed by atoms with van der Waals surface area (Å²) in [4.78, 5) is 22.7. The number of H-pyrrole nitrogens is 1. The molecule has 0 saturated carbocycles. The van der Waals surface area contributed by atoms with Crippen molar-refractivity contribution in [1.82, 2.24) is 20.2 Å². The molecule has 32 heavy (non-hydrogen) atoms. The van der Waals surface area contributed by atoms with Gasteiger partial charge in [0.25, 0.3) is 5.91 Å². The highest BCUT2D eigenvalue weighted by Gasteiger charge is 2.24. The van der Waals surface area contributed by atoms with Crippen molar-refractivity contribution in [2.24, 2.45) is 0 Å². The van der Waals surface area contributed by atoms with Crippen LogP contribution < -0.4 is 5.32 Å². The van der Waals surface area contributed by atoms with Crippen LogP contribution in [0, 0.1) is 0 Å². The first-order valence-corrected chi connectivity index (χ1v) is 11.0. The molecule has 2 aliphatic rings. The number of carbonyl (C=O) groups excluding carboxylic acids is 1. The summed E-state index contributed by atoms with van der Waals surface area (Å²) in [6.07, 6.45) is 6.06. The van der Waals surface area contributed by atoms with E-state index in [1.165, 1.54) is 5.56 Å². The molecule has 2 aromatic carbocycles. The van der Waals surface area contributed by atoms with E-state index in [1.54, 1.807) is 0 Å². The molecule has 6 rings (SSSR count). The molecule has 0 aliphatic carbocycles. The van der Waals surface area contributed by atoms with Gasteiger partial charge in [0.15, 0.2) is 0 Å². The van der Waals surface area contributed by atoms with E-state index in [1.807, 2.05) is 18.3 Å². The molecule has 0 atom stereocenters. The van der Waals surface area contributed by atoms with E-state index in [0.717, 1.165) is 77.0 Å². The Kier molecular flexibility index (Phi) is 4.74. The highest BCUT2D eigenvalue weighted by atomic mass is 16.5. The molecular formula is C26H24N4O2. The summed E-state index contributed by atoms with van der Waals surface area (Å²) in [5.41, 5.74) is 6.10. The van der Waals surface area contributed by atoms with Crippen molar-refractivity contribution in [3.63, 3.8) is 0 Å². The first-order chi connectivity index (χ1) is 15.7. The van der Waals surface area contributed by atoms with E-state index in [9.17, 15) is 4.79 Å². The first-order valence-electron chi connectivity index (χ1n) is 11.0. The van der Waals surface area contributed by atoms with Crippen LogP contribution in [0.15, 0.2) is 48.7 Å². The number of hydrogen-bond donors (Lipinski definition) is 2. The van der Waals surface area contributed by atoms with Crippen LogP contribution >= 0.6 is 0 Å². The third kappa shape index (κ3) is 3.47. The van der Waals surface area contributed by atoms with Gasteiger partial charge in [0.1, 0.15) is 0 Å². The maximum atomic E-state index is 12.2. The molecule has 160 valence electrons. The van der Waals surface area contributed by atoms with Crippen LogP contribution in [-0.2, 0) is 17.8 Å². The van der Waals surface area contributed by atoms with Crippen molar-refractivity contribution in [3.05, 3.63) is 76.7 Å². The van der Waals surface area contributed by atoms with Gasteiger partial charge in [-0.3, -0.25) is 14.7 Å². The number of benzene rings is 2. The van der Waals surface area contributed by atoms with Gasteiger partial charge in [0, 0.05) is 47.7 Å². The maximum absolute atomic E-state index is 12.2. The number of nitrogens with one attached hydrogen (secondary N) is 2. The molecule has 2 aromatic heterocycles. The molecule has 6 nitrogen and oxygen atoms in total.